The van der Waals surface area contributed by atoms with E-state index in [9.17, 15) is 30.8 Å². The maximum Gasteiger partial charge on any atom is 0.256 e. The van der Waals surface area contributed by atoms with Crippen LogP contribution in [0.5, 0.6) is 0 Å². The summed E-state index contributed by atoms with van der Waals surface area (Å²) in [6, 6.07) is 5.26. The lowest BCUT2D eigenvalue weighted by Gasteiger charge is -2.34. The molecule has 144 valence electrons. The Morgan fingerprint density at radius 2 is 1.44 bits per heavy atom. The molecule has 10 heteroatoms. The average Bonchev–Trinajstić information content (AvgIpc) is 2.61. The van der Waals surface area contributed by atoms with Crippen LogP contribution in [-0.4, -0.2) is 49.7 Å². The van der Waals surface area contributed by atoms with Crippen molar-refractivity contribution in [3.63, 3.8) is 0 Å². The van der Waals surface area contributed by atoms with E-state index >= 15 is 0 Å². The molecule has 1 aliphatic heterocycles. The van der Waals surface area contributed by atoms with E-state index in [1.54, 1.807) is 0 Å². The van der Waals surface area contributed by atoms with Crippen LogP contribution in [0.4, 0.5) is 17.6 Å². The Kier molecular flexibility index (Phi) is 5.20. The molecule has 1 saturated heterocycles. The van der Waals surface area contributed by atoms with Gasteiger partial charge in [-0.2, -0.15) is 4.31 Å². The van der Waals surface area contributed by atoms with Gasteiger partial charge in [0.1, 0.15) is 23.3 Å². The molecule has 0 N–H and O–H groups in total. The third-order valence-corrected chi connectivity index (χ3v) is 6.16. The van der Waals surface area contributed by atoms with Gasteiger partial charge in [-0.3, -0.25) is 4.79 Å². The van der Waals surface area contributed by atoms with E-state index in [2.05, 4.69) is 0 Å². The maximum atomic E-state index is 13.8. The smallest absolute Gasteiger partial charge is 0.256 e. The van der Waals surface area contributed by atoms with Gasteiger partial charge in [0.05, 0.1) is 5.56 Å². The molecule has 3 rings (SSSR count). The maximum absolute atomic E-state index is 13.8. The number of amides is 1. The molecule has 0 radical (unpaired) electrons. The number of hydrogen-bond acceptors (Lipinski definition) is 3. The minimum atomic E-state index is -4.43. The van der Waals surface area contributed by atoms with Gasteiger partial charge in [-0.25, -0.2) is 26.0 Å². The number of rotatable bonds is 3. The molecule has 0 atom stereocenters. The second kappa shape index (κ2) is 7.28. The number of piperazine rings is 1. The van der Waals surface area contributed by atoms with Crippen LogP contribution in [0.2, 0.25) is 0 Å². The molecule has 0 unspecified atom stereocenters. The predicted octanol–water partition coefficient (Wildman–Crippen LogP) is 2.39. The van der Waals surface area contributed by atoms with Crippen molar-refractivity contribution in [2.75, 3.05) is 26.2 Å². The van der Waals surface area contributed by atoms with Crippen LogP contribution in [0.1, 0.15) is 10.4 Å². The van der Waals surface area contributed by atoms with Gasteiger partial charge < -0.3 is 4.90 Å². The first kappa shape index (κ1) is 19.3. The van der Waals surface area contributed by atoms with Crippen molar-refractivity contribution in [3.05, 3.63) is 65.2 Å². The number of benzene rings is 2. The van der Waals surface area contributed by atoms with Gasteiger partial charge in [0, 0.05) is 32.2 Å². The highest BCUT2D eigenvalue weighted by Gasteiger charge is 2.34. The van der Waals surface area contributed by atoms with Crippen molar-refractivity contribution in [2.24, 2.45) is 0 Å². The number of nitrogens with zero attached hydrogens (tertiary/aromatic N) is 2. The quantitative estimate of drug-likeness (QED) is 0.741. The van der Waals surface area contributed by atoms with Crippen molar-refractivity contribution in [1.82, 2.24) is 9.21 Å². The molecule has 0 aromatic heterocycles. The standard InChI is InChI=1S/C17H14F4N2O3S/c18-11-4-5-12(15(21)10-11)17(24)22-6-8-23(9-7-22)27(25,26)16-13(19)2-1-3-14(16)20/h1-5,10H,6-9H2. The molecule has 2 aromatic carbocycles. The van der Waals surface area contributed by atoms with Gasteiger partial charge in [-0.15, -0.1) is 0 Å². The van der Waals surface area contributed by atoms with E-state index < -0.39 is 44.1 Å². The third-order valence-electron chi connectivity index (χ3n) is 4.20. The molecule has 27 heavy (non-hydrogen) atoms. The van der Waals surface area contributed by atoms with Crippen LogP contribution in [-0.2, 0) is 10.0 Å². The molecule has 5 nitrogen and oxygen atoms in total. The lowest BCUT2D eigenvalue weighted by Crippen LogP contribution is -2.50. The Morgan fingerprint density at radius 1 is 0.852 bits per heavy atom. The summed E-state index contributed by atoms with van der Waals surface area (Å²) in [5.74, 6) is -4.99. The Labute approximate surface area is 152 Å². The molecular weight excluding hydrogens is 388 g/mol. The molecule has 0 saturated carbocycles. The zero-order valence-corrected chi connectivity index (χ0v) is 14.6. The van der Waals surface area contributed by atoms with E-state index in [1.165, 1.54) is 4.90 Å². The zero-order valence-electron chi connectivity index (χ0n) is 13.8. The van der Waals surface area contributed by atoms with Crippen LogP contribution >= 0.6 is 0 Å². The molecular formula is C17H14F4N2O3S. The SMILES string of the molecule is O=C(c1ccc(F)cc1F)N1CCN(S(=O)(=O)c2c(F)cccc2F)CC1. The van der Waals surface area contributed by atoms with E-state index in [-0.39, 0.29) is 31.7 Å². The summed E-state index contributed by atoms with van der Waals surface area (Å²) in [6.07, 6.45) is 0. The summed E-state index contributed by atoms with van der Waals surface area (Å²) < 4.78 is 80.2. The Hall–Kier alpha value is -2.46. The minimum Gasteiger partial charge on any atom is -0.336 e. The number of sulfonamides is 1. The Balaban J connectivity index is 1.76. The van der Waals surface area contributed by atoms with Crippen molar-refractivity contribution in [2.45, 2.75) is 4.90 Å². The van der Waals surface area contributed by atoms with Crippen molar-refractivity contribution in [1.29, 1.82) is 0 Å². The fraction of sp³-hybridized carbons (Fsp3) is 0.235. The van der Waals surface area contributed by atoms with Crippen LogP contribution in [0, 0.1) is 23.3 Å². The van der Waals surface area contributed by atoms with Crippen molar-refractivity contribution in [3.8, 4) is 0 Å². The predicted molar refractivity (Wildman–Crippen MR) is 87.4 cm³/mol. The van der Waals surface area contributed by atoms with E-state index in [4.69, 9.17) is 0 Å². The molecule has 1 heterocycles. The third kappa shape index (κ3) is 3.67. The van der Waals surface area contributed by atoms with Gasteiger partial charge in [-0.1, -0.05) is 6.07 Å². The Morgan fingerprint density at radius 3 is 2.00 bits per heavy atom. The zero-order chi connectivity index (χ0) is 19.8. The summed E-state index contributed by atoms with van der Waals surface area (Å²) >= 11 is 0. The largest absolute Gasteiger partial charge is 0.336 e. The molecule has 2 aromatic rings. The highest BCUT2D eigenvalue weighted by atomic mass is 32.2. The van der Waals surface area contributed by atoms with Crippen LogP contribution in [0.25, 0.3) is 0 Å². The number of hydrogen-bond donors (Lipinski definition) is 0. The number of carbonyl (C=O) groups excluding carboxylic acids is 1. The highest BCUT2D eigenvalue weighted by Crippen LogP contribution is 2.24. The molecule has 1 amide bonds. The summed E-state index contributed by atoms with van der Waals surface area (Å²) in [5, 5.41) is 0. The summed E-state index contributed by atoms with van der Waals surface area (Å²) in [5.41, 5.74) is -0.340. The lowest BCUT2D eigenvalue weighted by atomic mass is 10.1. The minimum absolute atomic E-state index is 0.106. The van der Waals surface area contributed by atoms with Gasteiger partial charge >= 0.3 is 0 Å². The summed E-state index contributed by atoms with van der Waals surface area (Å²) in [7, 11) is -4.43. The fourth-order valence-electron chi connectivity index (χ4n) is 2.82. The average molecular weight is 402 g/mol. The fourth-order valence-corrected chi connectivity index (χ4v) is 4.35. The Bertz CT molecular complexity index is 969. The van der Waals surface area contributed by atoms with Crippen molar-refractivity contribution < 1.29 is 30.8 Å². The van der Waals surface area contributed by atoms with Gasteiger partial charge in [0.2, 0.25) is 10.0 Å². The normalized spacial score (nSPS) is 15.8. The molecule has 0 bridgehead atoms. The first-order valence-corrected chi connectivity index (χ1v) is 9.34. The second-order valence-corrected chi connectivity index (χ2v) is 7.75. The van der Waals surface area contributed by atoms with Gasteiger partial charge in [0.25, 0.3) is 5.91 Å². The highest BCUT2D eigenvalue weighted by molar-refractivity contribution is 7.89. The molecule has 0 aliphatic carbocycles. The lowest BCUT2D eigenvalue weighted by molar-refractivity contribution is 0.0692. The topological polar surface area (TPSA) is 57.7 Å². The number of carbonyl (C=O) groups is 1. The first-order chi connectivity index (χ1) is 12.7. The summed E-state index contributed by atoms with van der Waals surface area (Å²) in [4.78, 5) is 12.5. The van der Waals surface area contributed by atoms with Gasteiger partial charge in [0.15, 0.2) is 4.90 Å². The second-order valence-electron chi connectivity index (χ2n) is 5.87. The van der Waals surface area contributed by atoms with Crippen molar-refractivity contribution >= 4 is 15.9 Å². The number of halogens is 4. The molecule has 1 fully saturated rings. The van der Waals surface area contributed by atoms with E-state index in [0.29, 0.717) is 6.07 Å². The van der Waals surface area contributed by atoms with E-state index in [1.807, 2.05) is 0 Å². The monoisotopic (exact) mass is 402 g/mol. The van der Waals surface area contributed by atoms with Crippen LogP contribution < -0.4 is 0 Å². The van der Waals surface area contributed by atoms with Crippen LogP contribution in [0.15, 0.2) is 41.3 Å². The van der Waals surface area contributed by atoms with Gasteiger partial charge in [-0.05, 0) is 24.3 Å². The molecule has 0 spiro atoms. The van der Waals surface area contributed by atoms with Crippen LogP contribution in [0.3, 0.4) is 0 Å². The summed E-state index contributed by atoms with van der Waals surface area (Å²) in [6.45, 7) is -0.648. The first-order valence-electron chi connectivity index (χ1n) is 7.90. The van der Waals surface area contributed by atoms with E-state index in [0.717, 1.165) is 34.6 Å². The molecule has 1 aliphatic rings.